The van der Waals surface area contributed by atoms with E-state index in [9.17, 15) is 8.42 Å². The van der Waals surface area contributed by atoms with Crippen LogP contribution in [-0.2, 0) is 9.84 Å². The van der Waals surface area contributed by atoms with E-state index >= 15 is 0 Å². The van der Waals surface area contributed by atoms with Crippen LogP contribution in [0.4, 0.5) is 5.88 Å². The molecule has 0 radical (unpaired) electrons. The molecule has 0 aliphatic rings. The Morgan fingerprint density at radius 2 is 1.69 bits per heavy atom. The molecular weight excluding hydrogens is 352 g/mol. The van der Waals surface area contributed by atoms with Crippen molar-refractivity contribution < 1.29 is 17.6 Å². The van der Waals surface area contributed by atoms with E-state index in [2.05, 4.69) is 4.98 Å². The SMILES string of the molecule is COc1ccccc1-c1nc(S(=O)(=O)c2ccc(C)cc2)c(N(C)C)o1. The van der Waals surface area contributed by atoms with Gasteiger partial charge in [0.1, 0.15) is 5.75 Å². The molecule has 2 aromatic carbocycles. The van der Waals surface area contributed by atoms with Gasteiger partial charge in [0.15, 0.2) is 0 Å². The zero-order valence-electron chi connectivity index (χ0n) is 15.1. The number of benzene rings is 2. The molecule has 0 atom stereocenters. The van der Waals surface area contributed by atoms with Crippen molar-refractivity contribution in [3.05, 3.63) is 54.1 Å². The standard InChI is InChI=1S/C19H20N2O4S/c1-13-9-11-14(12-10-13)26(22,23)18-19(21(2)3)25-17(20-18)15-7-5-6-8-16(15)24-4/h5-12H,1-4H3. The Kier molecular flexibility index (Phi) is 4.73. The van der Waals surface area contributed by atoms with Gasteiger partial charge in [0.25, 0.3) is 0 Å². The lowest BCUT2D eigenvalue weighted by Gasteiger charge is -2.10. The quantitative estimate of drug-likeness (QED) is 0.682. The molecule has 0 saturated heterocycles. The molecule has 0 aliphatic heterocycles. The molecule has 6 nitrogen and oxygen atoms in total. The van der Waals surface area contributed by atoms with E-state index in [1.165, 1.54) is 0 Å². The van der Waals surface area contributed by atoms with Crippen LogP contribution in [0.5, 0.6) is 5.75 Å². The summed E-state index contributed by atoms with van der Waals surface area (Å²) < 4.78 is 37.3. The van der Waals surface area contributed by atoms with Crippen LogP contribution in [0, 0.1) is 6.92 Å². The minimum absolute atomic E-state index is 0.118. The third-order valence-electron chi connectivity index (χ3n) is 3.91. The maximum Gasteiger partial charge on any atom is 0.235 e. The highest BCUT2D eigenvalue weighted by Gasteiger charge is 2.30. The Morgan fingerprint density at radius 3 is 2.31 bits per heavy atom. The van der Waals surface area contributed by atoms with Crippen molar-refractivity contribution >= 4 is 15.7 Å². The summed E-state index contributed by atoms with van der Waals surface area (Å²) in [5.74, 6) is 0.918. The van der Waals surface area contributed by atoms with Crippen molar-refractivity contribution in [2.75, 3.05) is 26.1 Å². The zero-order valence-corrected chi connectivity index (χ0v) is 15.9. The molecule has 0 bridgehead atoms. The zero-order chi connectivity index (χ0) is 18.9. The van der Waals surface area contributed by atoms with E-state index in [1.54, 1.807) is 62.5 Å². The van der Waals surface area contributed by atoms with Gasteiger partial charge in [-0.1, -0.05) is 29.8 Å². The van der Waals surface area contributed by atoms with E-state index in [4.69, 9.17) is 9.15 Å². The Labute approximate surface area is 153 Å². The molecule has 136 valence electrons. The van der Waals surface area contributed by atoms with Gasteiger partial charge in [-0.2, -0.15) is 4.98 Å². The summed E-state index contributed by atoms with van der Waals surface area (Å²) in [4.78, 5) is 6.07. The van der Waals surface area contributed by atoms with Crippen LogP contribution < -0.4 is 9.64 Å². The summed E-state index contributed by atoms with van der Waals surface area (Å²) in [6.07, 6.45) is 0. The number of sulfone groups is 1. The van der Waals surface area contributed by atoms with Crippen molar-refractivity contribution in [2.45, 2.75) is 16.8 Å². The third-order valence-corrected chi connectivity index (χ3v) is 5.58. The molecule has 0 aliphatic carbocycles. The topological polar surface area (TPSA) is 72.6 Å². The normalized spacial score (nSPS) is 11.4. The maximum absolute atomic E-state index is 13.1. The summed E-state index contributed by atoms with van der Waals surface area (Å²) in [7, 11) is 1.13. The van der Waals surface area contributed by atoms with Gasteiger partial charge in [0, 0.05) is 14.1 Å². The highest BCUT2D eigenvalue weighted by molar-refractivity contribution is 7.91. The van der Waals surface area contributed by atoms with Crippen molar-refractivity contribution in [1.82, 2.24) is 4.98 Å². The average Bonchev–Trinajstić information content (AvgIpc) is 3.08. The van der Waals surface area contributed by atoms with E-state index in [-0.39, 0.29) is 21.7 Å². The molecule has 26 heavy (non-hydrogen) atoms. The fourth-order valence-corrected chi connectivity index (χ4v) is 3.90. The second-order valence-electron chi connectivity index (χ2n) is 6.04. The van der Waals surface area contributed by atoms with Crippen LogP contribution >= 0.6 is 0 Å². The number of aromatic nitrogens is 1. The predicted octanol–water partition coefficient (Wildman–Crippen LogP) is 3.56. The Bertz CT molecular complexity index is 1020. The molecule has 0 unspecified atom stereocenters. The number of rotatable bonds is 5. The van der Waals surface area contributed by atoms with E-state index in [0.29, 0.717) is 11.3 Å². The van der Waals surface area contributed by atoms with Gasteiger partial charge in [0.2, 0.25) is 26.6 Å². The molecule has 7 heteroatoms. The summed E-state index contributed by atoms with van der Waals surface area (Å²) in [6, 6.07) is 13.8. The van der Waals surface area contributed by atoms with Gasteiger partial charge in [-0.3, -0.25) is 0 Å². The van der Waals surface area contributed by atoms with Gasteiger partial charge in [-0.25, -0.2) is 8.42 Å². The van der Waals surface area contributed by atoms with E-state index < -0.39 is 9.84 Å². The molecule has 1 heterocycles. The predicted molar refractivity (Wildman–Crippen MR) is 99.4 cm³/mol. The third kappa shape index (κ3) is 3.17. The number of hydrogen-bond acceptors (Lipinski definition) is 6. The van der Waals surface area contributed by atoms with Crippen LogP contribution in [0.1, 0.15) is 5.56 Å². The largest absolute Gasteiger partial charge is 0.496 e. The molecule has 3 aromatic rings. The van der Waals surface area contributed by atoms with Gasteiger partial charge < -0.3 is 14.1 Å². The minimum atomic E-state index is -3.83. The number of methoxy groups -OCH3 is 1. The number of ether oxygens (including phenoxy) is 1. The summed E-state index contributed by atoms with van der Waals surface area (Å²) >= 11 is 0. The number of hydrogen-bond donors (Lipinski definition) is 0. The Balaban J connectivity index is 2.19. The summed E-state index contributed by atoms with van der Waals surface area (Å²) in [5.41, 5.74) is 1.56. The van der Waals surface area contributed by atoms with E-state index in [0.717, 1.165) is 5.56 Å². The second-order valence-corrected chi connectivity index (χ2v) is 7.91. The second kappa shape index (κ2) is 6.84. The van der Waals surface area contributed by atoms with Crippen LogP contribution in [-0.4, -0.2) is 34.6 Å². The molecule has 0 saturated carbocycles. The number of aryl methyl sites for hydroxylation is 1. The van der Waals surface area contributed by atoms with Gasteiger partial charge in [-0.05, 0) is 31.2 Å². The molecular formula is C19H20N2O4S. The molecule has 0 spiro atoms. The van der Waals surface area contributed by atoms with Crippen LogP contribution in [0.3, 0.4) is 0 Å². The highest BCUT2D eigenvalue weighted by Crippen LogP contribution is 2.36. The van der Waals surface area contributed by atoms with Crippen molar-refractivity contribution in [2.24, 2.45) is 0 Å². The molecule has 0 N–H and O–H groups in total. The van der Waals surface area contributed by atoms with Crippen LogP contribution in [0.25, 0.3) is 11.5 Å². The average molecular weight is 372 g/mol. The van der Waals surface area contributed by atoms with Crippen LogP contribution in [0.15, 0.2) is 62.9 Å². The fourth-order valence-electron chi connectivity index (χ4n) is 2.52. The minimum Gasteiger partial charge on any atom is -0.496 e. The Morgan fingerprint density at radius 1 is 1.04 bits per heavy atom. The first-order chi connectivity index (χ1) is 12.3. The number of para-hydroxylation sites is 1. The molecule has 0 fully saturated rings. The van der Waals surface area contributed by atoms with E-state index in [1.807, 2.05) is 19.1 Å². The number of anilines is 1. The molecule has 0 amide bonds. The molecule has 1 aromatic heterocycles. The number of oxazole rings is 1. The summed E-state index contributed by atoms with van der Waals surface area (Å²) in [6.45, 7) is 1.90. The first-order valence-electron chi connectivity index (χ1n) is 7.98. The Hall–Kier alpha value is -2.80. The monoisotopic (exact) mass is 372 g/mol. The van der Waals surface area contributed by atoms with Crippen LogP contribution in [0.2, 0.25) is 0 Å². The van der Waals surface area contributed by atoms with Crippen molar-refractivity contribution in [3.8, 4) is 17.2 Å². The fraction of sp³-hybridized carbons (Fsp3) is 0.211. The lowest BCUT2D eigenvalue weighted by molar-refractivity contribution is 0.414. The first kappa shape index (κ1) is 18.0. The smallest absolute Gasteiger partial charge is 0.235 e. The van der Waals surface area contributed by atoms with Crippen molar-refractivity contribution in [1.29, 1.82) is 0 Å². The lowest BCUT2D eigenvalue weighted by Crippen LogP contribution is -2.13. The summed E-state index contributed by atoms with van der Waals surface area (Å²) in [5, 5.41) is -0.118. The lowest BCUT2D eigenvalue weighted by atomic mass is 10.2. The molecule has 3 rings (SSSR count). The van der Waals surface area contributed by atoms with Gasteiger partial charge in [-0.15, -0.1) is 0 Å². The van der Waals surface area contributed by atoms with Gasteiger partial charge >= 0.3 is 0 Å². The van der Waals surface area contributed by atoms with Gasteiger partial charge in [0.05, 0.1) is 17.6 Å². The number of nitrogens with zero attached hydrogens (tertiary/aromatic N) is 2. The highest BCUT2D eigenvalue weighted by atomic mass is 32.2. The first-order valence-corrected chi connectivity index (χ1v) is 9.46. The van der Waals surface area contributed by atoms with Crippen molar-refractivity contribution in [3.63, 3.8) is 0 Å². The maximum atomic E-state index is 13.1.